The third-order valence-electron chi connectivity index (χ3n) is 7.24. The molecule has 0 aliphatic heterocycles. The van der Waals surface area contributed by atoms with E-state index in [4.69, 9.17) is 10.1 Å². The van der Waals surface area contributed by atoms with Crippen molar-refractivity contribution < 1.29 is 4.79 Å². The van der Waals surface area contributed by atoms with Gasteiger partial charge in [0.05, 0.1) is 17.6 Å². The Morgan fingerprint density at radius 2 is 1.68 bits per heavy atom. The maximum absolute atomic E-state index is 13.4. The van der Waals surface area contributed by atoms with Crippen molar-refractivity contribution in [3.63, 3.8) is 0 Å². The lowest BCUT2D eigenvalue weighted by Gasteiger charge is -2.12. The lowest BCUT2D eigenvalue weighted by Crippen LogP contribution is -2.14. The Balaban J connectivity index is 1.33. The van der Waals surface area contributed by atoms with Crippen molar-refractivity contribution in [2.24, 2.45) is 7.05 Å². The molecule has 4 aromatic heterocycles. The van der Waals surface area contributed by atoms with Crippen molar-refractivity contribution in [3.8, 4) is 33.8 Å². The van der Waals surface area contributed by atoms with Gasteiger partial charge in [-0.15, -0.1) is 0 Å². The molecule has 0 bridgehead atoms. The van der Waals surface area contributed by atoms with E-state index in [1.165, 1.54) is 5.56 Å². The predicted molar refractivity (Wildman–Crippen MR) is 157 cm³/mol. The average molecular weight is 528 g/mol. The van der Waals surface area contributed by atoms with Gasteiger partial charge in [0.25, 0.3) is 5.91 Å². The van der Waals surface area contributed by atoms with E-state index in [1.807, 2.05) is 68.8 Å². The number of nitrogens with one attached hydrogen (secondary N) is 1. The lowest BCUT2D eigenvalue weighted by molar-refractivity contribution is 0.102. The van der Waals surface area contributed by atoms with E-state index in [1.54, 1.807) is 23.1 Å². The van der Waals surface area contributed by atoms with Crippen molar-refractivity contribution >= 4 is 17.4 Å². The molecular weight excluding hydrogens is 498 g/mol. The minimum atomic E-state index is -0.227. The molecule has 0 spiro atoms. The summed E-state index contributed by atoms with van der Waals surface area (Å²) in [6.07, 6.45) is 5.28. The van der Waals surface area contributed by atoms with Gasteiger partial charge in [-0.3, -0.25) is 9.78 Å². The van der Waals surface area contributed by atoms with Gasteiger partial charge in [-0.05, 0) is 68.7 Å². The van der Waals surface area contributed by atoms with Crippen molar-refractivity contribution in [2.75, 3.05) is 5.32 Å². The monoisotopic (exact) mass is 527 g/mol. The number of rotatable bonds is 5. The fraction of sp³-hybridized carbons (Fsp3) is 0.156. The number of anilines is 1. The number of benzene rings is 2. The number of carbonyl (C=O) groups is 1. The zero-order valence-electron chi connectivity index (χ0n) is 23.1. The highest BCUT2D eigenvalue weighted by atomic mass is 16.1. The predicted octanol–water partition coefficient (Wildman–Crippen LogP) is 6.34. The van der Waals surface area contributed by atoms with Crippen LogP contribution in [0.4, 0.5) is 5.82 Å². The number of imidazole rings is 2. The molecule has 8 heteroatoms. The van der Waals surface area contributed by atoms with Crippen LogP contribution in [0.2, 0.25) is 0 Å². The maximum Gasteiger partial charge on any atom is 0.257 e. The fourth-order valence-electron chi connectivity index (χ4n) is 5.00. The molecule has 0 aliphatic carbocycles. The quantitative estimate of drug-likeness (QED) is 0.282. The molecule has 0 aliphatic rings. The van der Waals surface area contributed by atoms with Gasteiger partial charge in [0.15, 0.2) is 11.5 Å². The third-order valence-corrected chi connectivity index (χ3v) is 7.24. The molecule has 0 unspecified atom stereocenters. The number of fused-ring (bicyclic) bond motifs is 1. The van der Waals surface area contributed by atoms with Gasteiger partial charge >= 0.3 is 0 Å². The zero-order valence-corrected chi connectivity index (χ0v) is 23.1. The van der Waals surface area contributed by atoms with Crippen molar-refractivity contribution in [2.45, 2.75) is 27.7 Å². The number of pyridine rings is 1. The second kappa shape index (κ2) is 9.89. The number of aryl methyl sites for hydroxylation is 4. The molecule has 198 valence electrons. The van der Waals surface area contributed by atoms with Gasteiger partial charge in [-0.1, -0.05) is 42.0 Å². The summed E-state index contributed by atoms with van der Waals surface area (Å²) in [6, 6.07) is 20.0. The van der Waals surface area contributed by atoms with Crippen LogP contribution in [0.15, 0.2) is 79.3 Å². The van der Waals surface area contributed by atoms with Crippen LogP contribution < -0.4 is 5.32 Å². The minimum Gasteiger partial charge on any atom is -0.330 e. The van der Waals surface area contributed by atoms with Gasteiger partial charge in [0, 0.05) is 36.1 Å². The number of aromatic nitrogens is 6. The number of hydrogen-bond donors (Lipinski definition) is 1. The molecule has 0 saturated carbocycles. The Morgan fingerprint density at radius 3 is 2.42 bits per heavy atom. The van der Waals surface area contributed by atoms with E-state index in [9.17, 15) is 4.79 Å². The second-order valence-electron chi connectivity index (χ2n) is 10.1. The average Bonchev–Trinajstić information content (AvgIpc) is 3.48. The minimum absolute atomic E-state index is 0.227. The Labute approximate surface area is 232 Å². The van der Waals surface area contributed by atoms with Crippen LogP contribution in [0, 0.1) is 27.7 Å². The topological polar surface area (TPSA) is 90.0 Å². The molecule has 1 N–H and O–H groups in total. The lowest BCUT2D eigenvalue weighted by atomic mass is 9.95. The van der Waals surface area contributed by atoms with E-state index < -0.39 is 0 Å². The first kappa shape index (κ1) is 25.2. The molecular formula is C32H29N7O. The van der Waals surface area contributed by atoms with Gasteiger partial charge < -0.3 is 9.88 Å². The summed E-state index contributed by atoms with van der Waals surface area (Å²) in [7, 11) is 1.99. The van der Waals surface area contributed by atoms with Gasteiger partial charge in [0.1, 0.15) is 11.5 Å². The summed E-state index contributed by atoms with van der Waals surface area (Å²) >= 11 is 0. The largest absolute Gasteiger partial charge is 0.330 e. The molecule has 6 aromatic rings. The summed E-state index contributed by atoms with van der Waals surface area (Å²) in [5.41, 5.74) is 9.91. The Bertz CT molecular complexity index is 1880. The van der Waals surface area contributed by atoms with Crippen LogP contribution in [-0.4, -0.2) is 35.0 Å². The highest BCUT2D eigenvalue weighted by Crippen LogP contribution is 2.32. The molecule has 0 atom stereocenters. The Hall–Kier alpha value is -5.11. The fourth-order valence-corrected chi connectivity index (χ4v) is 5.00. The van der Waals surface area contributed by atoms with Crippen LogP contribution in [0.3, 0.4) is 0 Å². The van der Waals surface area contributed by atoms with E-state index in [0.717, 1.165) is 50.7 Å². The van der Waals surface area contributed by atoms with Gasteiger partial charge in [-0.25, -0.2) is 14.5 Å². The van der Waals surface area contributed by atoms with Crippen LogP contribution in [0.1, 0.15) is 32.9 Å². The molecule has 0 saturated heterocycles. The third kappa shape index (κ3) is 4.53. The first-order valence-corrected chi connectivity index (χ1v) is 13.1. The van der Waals surface area contributed by atoms with E-state index in [-0.39, 0.29) is 5.91 Å². The molecule has 6 rings (SSSR count). The number of hydrogen-bond acceptors (Lipinski definition) is 5. The van der Waals surface area contributed by atoms with Crippen LogP contribution in [0.25, 0.3) is 39.4 Å². The summed E-state index contributed by atoms with van der Waals surface area (Å²) in [4.78, 5) is 27.0. The normalized spacial score (nSPS) is 11.2. The summed E-state index contributed by atoms with van der Waals surface area (Å²) in [5, 5.41) is 7.80. The Kier molecular flexibility index (Phi) is 6.23. The highest BCUT2D eigenvalue weighted by molar-refractivity contribution is 6.05. The van der Waals surface area contributed by atoms with Crippen molar-refractivity contribution in [1.29, 1.82) is 0 Å². The van der Waals surface area contributed by atoms with E-state index >= 15 is 0 Å². The number of amides is 1. The molecule has 4 heterocycles. The van der Waals surface area contributed by atoms with Crippen LogP contribution in [0.5, 0.6) is 0 Å². The Morgan fingerprint density at radius 1 is 0.875 bits per heavy atom. The summed E-state index contributed by atoms with van der Waals surface area (Å²) < 4.78 is 3.73. The standard InChI is InChI=1S/C32H29N7O/c1-19-8-10-23(11-9-19)30-31(38(5)22(4)34-30)27-12-13-29-35-28(18-39(29)37-27)36-32(40)26-16-25(20(2)15-21(26)3)24-7-6-14-33-17-24/h6-18H,1-5H3,(H,36,40). The first-order chi connectivity index (χ1) is 19.3. The molecule has 1 amide bonds. The van der Waals surface area contributed by atoms with E-state index in [2.05, 4.69) is 46.5 Å². The van der Waals surface area contributed by atoms with E-state index in [0.29, 0.717) is 17.0 Å². The highest BCUT2D eigenvalue weighted by Gasteiger charge is 2.19. The summed E-state index contributed by atoms with van der Waals surface area (Å²) in [5.74, 6) is 1.10. The summed E-state index contributed by atoms with van der Waals surface area (Å²) in [6.45, 7) is 8.03. The molecule has 0 radical (unpaired) electrons. The number of nitrogens with zero attached hydrogens (tertiary/aromatic N) is 6. The molecule has 8 nitrogen and oxygen atoms in total. The molecule has 2 aromatic carbocycles. The van der Waals surface area contributed by atoms with Crippen molar-refractivity contribution in [1.82, 2.24) is 29.1 Å². The zero-order chi connectivity index (χ0) is 28.0. The maximum atomic E-state index is 13.4. The van der Waals surface area contributed by atoms with Crippen LogP contribution in [-0.2, 0) is 7.05 Å². The first-order valence-electron chi connectivity index (χ1n) is 13.1. The smallest absolute Gasteiger partial charge is 0.257 e. The number of carbonyl (C=O) groups excluding carboxylic acids is 1. The SMILES string of the molecule is Cc1ccc(-c2nc(C)n(C)c2-c2ccc3nc(NC(=O)c4cc(-c5cccnc5)c(C)cc4C)cn3n2)cc1. The van der Waals surface area contributed by atoms with Crippen molar-refractivity contribution in [3.05, 3.63) is 107 Å². The molecule has 40 heavy (non-hydrogen) atoms. The van der Waals surface area contributed by atoms with Gasteiger partial charge in [-0.2, -0.15) is 5.10 Å². The van der Waals surface area contributed by atoms with Gasteiger partial charge in [0.2, 0.25) is 0 Å². The van der Waals surface area contributed by atoms with Crippen LogP contribution >= 0.6 is 0 Å². The molecule has 0 fully saturated rings. The second-order valence-corrected chi connectivity index (χ2v) is 10.1.